The minimum Gasteiger partial charge on any atom is -0.480 e. The summed E-state index contributed by atoms with van der Waals surface area (Å²) in [7, 11) is 0. The first kappa shape index (κ1) is 17.3. The van der Waals surface area contributed by atoms with Crippen LogP contribution < -0.4 is 5.32 Å². The van der Waals surface area contributed by atoms with E-state index in [0.29, 0.717) is 0 Å². The molecule has 2 N–H and O–H groups in total. The van der Waals surface area contributed by atoms with E-state index in [1.165, 1.54) is 0 Å². The van der Waals surface area contributed by atoms with E-state index in [1.54, 1.807) is 0 Å². The van der Waals surface area contributed by atoms with E-state index >= 15 is 0 Å². The molecule has 2 rings (SSSR count). The van der Waals surface area contributed by atoms with Crippen molar-refractivity contribution < 1.29 is 19.4 Å². The van der Waals surface area contributed by atoms with Crippen molar-refractivity contribution in [2.75, 3.05) is 0 Å². The smallest absolute Gasteiger partial charge is 0.408 e. The van der Waals surface area contributed by atoms with Crippen LogP contribution in [0.25, 0.3) is 0 Å². The zero-order chi connectivity index (χ0) is 16.7. The fourth-order valence-electron chi connectivity index (χ4n) is 2.01. The van der Waals surface area contributed by atoms with Crippen LogP contribution in [0.2, 0.25) is 0 Å². The summed E-state index contributed by atoms with van der Waals surface area (Å²) in [5.41, 5.74) is 1.68. The molecule has 0 radical (unpaired) electrons. The fourth-order valence-corrected chi connectivity index (χ4v) is 2.61. The molecule has 2 aromatic carbocycles. The third-order valence-corrected chi connectivity index (χ3v) is 3.80. The number of halogens is 1. The topological polar surface area (TPSA) is 75.6 Å². The lowest BCUT2D eigenvalue weighted by Crippen LogP contribution is -2.42. The van der Waals surface area contributed by atoms with Gasteiger partial charge in [0.15, 0.2) is 0 Å². The number of carbonyl (C=O) groups is 2. The summed E-state index contributed by atoms with van der Waals surface area (Å²) >= 11 is 2.16. The zero-order valence-electron chi connectivity index (χ0n) is 12.2. The molecule has 120 valence electrons. The number of carbonyl (C=O) groups excluding carboxylic acids is 1. The van der Waals surface area contributed by atoms with Gasteiger partial charge in [-0.2, -0.15) is 0 Å². The molecule has 0 aliphatic heterocycles. The molecular weight excluding hydrogens is 409 g/mol. The van der Waals surface area contributed by atoms with E-state index < -0.39 is 18.1 Å². The second-order valence-electron chi connectivity index (χ2n) is 4.93. The van der Waals surface area contributed by atoms with Crippen molar-refractivity contribution >= 4 is 34.7 Å². The number of alkyl carbamates (subject to hydrolysis) is 1. The van der Waals surface area contributed by atoms with Crippen LogP contribution in [-0.2, 0) is 22.6 Å². The fraction of sp³-hybridized carbons (Fsp3) is 0.176. The summed E-state index contributed by atoms with van der Waals surface area (Å²) in [5.74, 6) is -1.10. The average molecular weight is 425 g/mol. The number of benzene rings is 2. The van der Waals surface area contributed by atoms with Crippen LogP contribution in [0.5, 0.6) is 0 Å². The minimum absolute atomic E-state index is 0.0995. The molecule has 1 atom stereocenters. The second kappa shape index (κ2) is 8.52. The van der Waals surface area contributed by atoms with Crippen molar-refractivity contribution in [1.82, 2.24) is 5.32 Å². The van der Waals surface area contributed by atoms with Gasteiger partial charge in [-0.15, -0.1) is 0 Å². The molecule has 0 spiro atoms. The molecule has 1 amide bonds. The van der Waals surface area contributed by atoms with Crippen molar-refractivity contribution in [3.8, 4) is 0 Å². The van der Waals surface area contributed by atoms with Gasteiger partial charge in [0.05, 0.1) is 0 Å². The van der Waals surface area contributed by atoms with Crippen LogP contribution in [0, 0.1) is 3.57 Å². The molecule has 0 aliphatic carbocycles. The Hall–Kier alpha value is -2.09. The first-order chi connectivity index (χ1) is 11.0. The molecule has 0 bridgehead atoms. The number of aliphatic carboxylic acids is 1. The number of carboxylic acids is 1. The summed E-state index contributed by atoms with van der Waals surface area (Å²) in [6.45, 7) is 0.0995. The van der Waals surface area contributed by atoms with Crippen LogP contribution in [0.3, 0.4) is 0 Å². The van der Waals surface area contributed by atoms with Gasteiger partial charge in [0, 0.05) is 9.99 Å². The Morgan fingerprint density at radius 2 is 1.78 bits per heavy atom. The van der Waals surface area contributed by atoms with E-state index in [1.807, 2.05) is 54.6 Å². The van der Waals surface area contributed by atoms with Crippen LogP contribution in [-0.4, -0.2) is 23.2 Å². The van der Waals surface area contributed by atoms with Gasteiger partial charge in [-0.25, -0.2) is 9.59 Å². The summed E-state index contributed by atoms with van der Waals surface area (Å²) in [6, 6.07) is 15.7. The Labute approximate surface area is 147 Å². The Morgan fingerprint density at radius 3 is 2.43 bits per heavy atom. The highest BCUT2D eigenvalue weighted by atomic mass is 127. The van der Waals surface area contributed by atoms with Gasteiger partial charge >= 0.3 is 12.1 Å². The normalized spacial score (nSPS) is 11.5. The lowest BCUT2D eigenvalue weighted by atomic mass is 10.1. The maximum atomic E-state index is 11.8. The first-order valence-electron chi connectivity index (χ1n) is 6.99. The largest absolute Gasteiger partial charge is 0.480 e. The highest BCUT2D eigenvalue weighted by Gasteiger charge is 2.21. The molecule has 2 aromatic rings. The van der Waals surface area contributed by atoms with Crippen molar-refractivity contribution in [3.63, 3.8) is 0 Å². The molecule has 0 aromatic heterocycles. The van der Waals surface area contributed by atoms with Gasteiger partial charge < -0.3 is 15.2 Å². The second-order valence-corrected chi connectivity index (χ2v) is 6.18. The molecule has 0 saturated heterocycles. The van der Waals surface area contributed by atoms with Gasteiger partial charge in [0.25, 0.3) is 0 Å². The molecule has 0 unspecified atom stereocenters. The summed E-state index contributed by atoms with van der Waals surface area (Å²) in [5, 5.41) is 11.7. The van der Waals surface area contributed by atoms with Crippen molar-refractivity contribution in [2.24, 2.45) is 0 Å². The van der Waals surface area contributed by atoms with Gasteiger partial charge in [0.2, 0.25) is 0 Å². The van der Waals surface area contributed by atoms with Crippen molar-refractivity contribution in [1.29, 1.82) is 0 Å². The highest BCUT2D eigenvalue weighted by Crippen LogP contribution is 2.10. The monoisotopic (exact) mass is 425 g/mol. The number of ether oxygens (including phenoxy) is 1. The lowest BCUT2D eigenvalue weighted by Gasteiger charge is -2.15. The highest BCUT2D eigenvalue weighted by molar-refractivity contribution is 14.1. The number of hydrogen-bond donors (Lipinski definition) is 2. The first-order valence-corrected chi connectivity index (χ1v) is 8.07. The Balaban J connectivity index is 1.91. The average Bonchev–Trinajstić information content (AvgIpc) is 2.53. The number of amides is 1. The van der Waals surface area contributed by atoms with E-state index in [4.69, 9.17) is 4.74 Å². The predicted molar refractivity (Wildman–Crippen MR) is 94.0 cm³/mol. The van der Waals surface area contributed by atoms with Crippen LogP contribution >= 0.6 is 22.6 Å². The predicted octanol–water partition coefficient (Wildman–Crippen LogP) is 3.21. The summed E-state index contributed by atoms with van der Waals surface area (Å²) in [4.78, 5) is 23.1. The molecule has 23 heavy (non-hydrogen) atoms. The molecule has 5 nitrogen and oxygen atoms in total. The minimum atomic E-state index is -1.10. The number of carboxylic acid groups (broad SMARTS) is 1. The van der Waals surface area contributed by atoms with Gasteiger partial charge in [0.1, 0.15) is 12.6 Å². The van der Waals surface area contributed by atoms with E-state index in [0.717, 1.165) is 14.7 Å². The van der Waals surface area contributed by atoms with E-state index in [9.17, 15) is 14.7 Å². The SMILES string of the molecule is O=C(N[C@@H](Cc1cccc(I)c1)C(=O)O)OCc1ccccc1. The number of rotatable bonds is 6. The van der Waals surface area contributed by atoms with Gasteiger partial charge in [-0.1, -0.05) is 42.5 Å². The summed E-state index contributed by atoms with van der Waals surface area (Å²) < 4.78 is 6.07. The molecular formula is C17H16INO4. The Morgan fingerprint density at radius 1 is 1.09 bits per heavy atom. The maximum Gasteiger partial charge on any atom is 0.408 e. The Bertz CT molecular complexity index is 675. The number of nitrogens with one attached hydrogen (secondary N) is 1. The van der Waals surface area contributed by atoms with Crippen LogP contribution in [0.15, 0.2) is 54.6 Å². The van der Waals surface area contributed by atoms with Gasteiger partial charge in [-0.05, 0) is 45.9 Å². The van der Waals surface area contributed by atoms with E-state index in [2.05, 4.69) is 27.9 Å². The molecule has 0 fully saturated rings. The van der Waals surface area contributed by atoms with Crippen LogP contribution in [0.1, 0.15) is 11.1 Å². The molecule has 0 aliphatic rings. The zero-order valence-corrected chi connectivity index (χ0v) is 14.4. The molecule has 0 saturated carbocycles. The Kier molecular flexibility index (Phi) is 6.40. The van der Waals surface area contributed by atoms with E-state index in [-0.39, 0.29) is 13.0 Å². The van der Waals surface area contributed by atoms with Crippen molar-refractivity contribution in [2.45, 2.75) is 19.1 Å². The molecule has 0 heterocycles. The maximum absolute atomic E-state index is 11.8. The molecule has 6 heteroatoms. The van der Waals surface area contributed by atoms with Crippen molar-refractivity contribution in [3.05, 3.63) is 69.3 Å². The van der Waals surface area contributed by atoms with Crippen LogP contribution in [0.4, 0.5) is 4.79 Å². The third-order valence-electron chi connectivity index (χ3n) is 3.13. The quantitative estimate of drug-likeness (QED) is 0.698. The standard InChI is InChI=1S/C17H16INO4/c18-14-8-4-7-13(9-14)10-15(16(20)21)19-17(22)23-11-12-5-2-1-3-6-12/h1-9,15H,10-11H2,(H,19,22)(H,20,21)/t15-/m0/s1. The summed E-state index contributed by atoms with van der Waals surface area (Å²) in [6.07, 6.45) is -0.543. The lowest BCUT2D eigenvalue weighted by molar-refractivity contribution is -0.139. The third kappa shape index (κ3) is 5.90. The number of hydrogen-bond acceptors (Lipinski definition) is 3. The van der Waals surface area contributed by atoms with Gasteiger partial charge in [-0.3, -0.25) is 0 Å².